The van der Waals surface area contributed by atoms with Crippen molar-refractivity contribution < 1.29 is 4.79 Å². The maximum Gasteiger partial charge on any atom is 0.273 e. The Bertz CT molecular complexity index is 1020. The number of amides is 1. The molecule has 1 heterocycles. The highest BCUT2D eigenvalue weighted by Gasteiger charge is 2.21. The van der Waals surface area contributed by atoms with Gasteiger partial charge in [-0.05, 0) is 50.6 Å². The molecule has 146 valence electrons. The second-order valence-electron chi connectivity index (χ2n) is 7.01. The van der Waals surface area contributed by atoms with E-state index in [0.29, 0.717) is 29.4 Å². The minimum absolute atomic E-state index is 0.0212. The van der Waals surface area contributed by atoms with E-state index in [-0.39, 0.29) is 11.9 Å². The maximum atomic E-state index is 13.2. The molecule has 0 aliphatic rings. The Labute approximate surface area is 170 Å². The Morgan fingerprint density at radius 3 is 2.41 bits per heavy atom. The largest absolute Gasteiger partial charge is 0.340 e. The van der Waals surface area contributed by atoms with Gasteiger partial charge in [0.05, 0.1) is 11.6 Å². The second kappa shape index (κ2) is 8.98. The Hall–Kier alpha value is -3.72. The van der Waals surface area contributed by atoms with Gasteiger partial charge in [-0.1, -0.05) is 30.3 Å². The molecule has 0 aliphatic carbocycles. The number of hydrogen-bond acceptors (Lipinski definition) is 5. The van der Waals surface area contributed by atoms with Crippen molar-refractivity contribution in [1.29, 1.82) is 5.26 Å². The number of nitrogens with one attached hydrogen (secondary N) is 1. The lowest BCUT2D eigenvalue weighted by Crippen LogP contribution is -2.37. The van der Waals surface area contributed by atoms with Crippen LogP contribution in [-0.2, 0) is 6.54 Å². The molecular formula is C23H23N5O. The Kier molecular flexibility index (Phi) is 6.20. The molecule has 2 aromatic carbocycles. The number of aromatic nitrogens is 2. The van der Waals surface area contributed by atoms with Crippen LogP contribution in [0.3, 0.4) is 0 Å². The average molecular weight is 385 g/mol. The number of anilines is 2. The summed E-state index contributed by atoms with van der Waals surface area (Å²) >= 11 is 0. The van der Waals surface area contributed by atoms with Crippen molar-refractivity contribution in [2.45, 2.75) is 33.4 Å². The number of aryl methyl sites for hydroxylation is 1. The predicted octanol–water partition coefficient (Wildman–Crippen LogP) is 4.45. The van der Waals surface area contributed by atoms with Crippen molar-refractivity contribution in [1.82, 2.24) is 14.9 Å². The standard InChI is InChI=1S/C23H23N5O/c1-16(2)28(15-19-7-5-4-6-8-19)23(29)21-13-22(26-17(3)25-21)27-20-11-9-18(14-24)10-12-20/h4-13,16H,15H2,1-3H3,(H,25,26,27). The molecule has 0 radical (unpaired) electrons. The Balaban J connectivity index is 1.84. The zero-order valence-corrected chi connectivity index (χ0v) is 16.8. The molecule has 6 nitrogen and oxygen atoms in total. The minimum atomic E-state index is -0.141. The van der Waals surface area contributed by atoms with E-state index in [1.807, 2.05) is 44.2 Å². The zero-order valence-electron chi connectivity index (χ0n) is 16.8. The van der Waals surface area contributed by atoms with Crippen LogP contribution in [0.2, 0.25) is 0 Å². The van der Waals surface area contributed by atoms with Crippen LogP contribution in [0.4, 0.5) is 11.5 Å². The van der Waals surface area contributed by atoms with E-state index < -0.39 is 0 Å². The molecule has 3 aromatic rings. The van der Waals surface area contributed by atoms with Crippen LogP contribution in [-0.4, -0.2) is 26.8 Å². The van der Waals surface area contributed by atoms with E-state index in [9.17, 15) is 4.79 Å². The molecular weight excluding hydrogens is 362 g/mol. The van der Waals surface area contributed by atoms with Gasteiger partial charge in [-0.25, -0.2) is 9.97 Å². The van der Waals surface area contributed by atoms with Crippen molar-refractivity contribution >= 4 is 17.4 Å². The summed E-state index contributed by atoms with van der Waals surface area (Å²) < 4.78 is 0. The molecule has 0 fully saturated rings. The third kappa shape index (κ3) is 5.17. The number of carbonyl (C=O) groups excluding carboxylic acids is 1. The monoisotopic (exact) mass is 385 g/mol. The molecule has 1 N–H and O–H groups in total. The molecule has 0 aliphatic heterocycles. The fourth-order valence-electron chi connectivity index (χ4n) is 2.93. The van der Waals surface area contributed by atoms with Gasteiger partial charge >= 0.3 is 0 Å². The van der Waals surface area contributed by atoms with E-state index in [1.165, 1.54) is 0 Å². The fraction of sp³-hybridized carbons (Fsp3) is 0.217. The van der Waals surface area contributed by atoms with E-state index in [0.717, 1.165) is 11.3 Å². The first-order valence-electron chi connectivity index (χ1n) is 9.44. The van der Waals surface area contributed by atoms with Crippen molar-refractivity contribution in [3.05, 3.63) is 83.3 Å². The molecule has 0 atom stereocenters. The van der Waals surface area contributed by atoms with Crippen LogP contribution >= 0.6 is 0 Å². The summed E-state index contributed by atoms with van der Waals surface area (Å²) in [4.78, 5) is 23.7. The highest BCUT2D eigenvalue weighted by molar-refractivity contribution is 5.93. The van der Waals surface area contributed by atoms with Crippen molar-refractivity contribution in [3.8, 4) is 6.07 Å². The average Bonchev–Trinajstić information content (AvgIpc) is 2.72. The van der Waals surface area contributed by atoms with Crippen LogP contribution in [0.25, 0.3) is 0 Å². The fourth-order valence-corrected chi connectivity index (χ4v) is 2.93. The lowest BCUT2D eigenvalue weighted by molar-refractivity contribution is 0.0684. The van der Waals surface area contributed by atoms with E-state index in [2.05, 4.69) is 21.4 Å². The zero-order chi connectivity index (χ0) is 20.8. The molecule has 3 rings (SSSR count). The van der Waals surface area contributed by atoms with Crippen LogP contribution in [0.1, 0.15) is 41.3 Å². The number of nitriles is 1. The van der Waals surface area contributed by atoms with Gasteiger partial charge in [-0.2, -0.15) is 5.26 Å². The summed E-state index contributed by atoms with van der Waals surface area (Å²) in [5.41, 5.74) is 2.78. The molecule has 0 saturated carbocycles. The number of carbonyl (C=O) groups is 1. The first kappa shape index (κ1) is 20.0. The molecule has 29 heavy (non-hydrogen) atoms. The number of benzene rings is 2. The van der Waals surface area contributed by atoms with Crippen LogP contribution < -0.4 is 5.32 Å². The van der Waals surface area contributed by atoms with Crippen LogP contribution in [0, 0.1) is 18.3 Å². The third-order valence-electron chi connectivity index (χ3n) is 4.42. The summed E-state index contributed by atoms with van der Waals surface area (Å²) in [6.07, 6.45) is 0. The summed E-state index contributed by atoms with van der Waals surface area (Å²) in [7, 11) is 0. The maximum absolute atomic E-state index is 13.2. The van der Waals surface area contributed by atoms with Gasteiger partial charge < -0.3 is 10.2 Å². The van der Waals surface area contributed by atoms with Crippen molar-refractivity contribution in [2.24, 2.45) is 0 Å². The smallest absolute Gasteiger partial charge is 0.273 e. The topological polar surface area (TPSA) is 81.9 Å². The first-order valence-corrected chi connectivity index (χ1v) is 9.44. The van der Waals surface area contributed by atoms with Gasteiger partial charge in [-0.3, -0.25) is 4.79 Å². The summed E-state index contributed by atoms with van der Waals surface area (Å²) in [5, 5.41) is 12.1. The predicted molar refractivity (Wildman–Crippen MR) is 113 cm³/mol. The Morgan fingerprint density at radius 1 is 1.10 bits per heavy atom. The highest BCUT2D eigenvalue weighted by atomic mass is 16.2. The van der Waals surface area contributed by atoms with E-state index in [1.54, 1.807) is 42.2 Å². The van der Waals surface area contributed by atoms with Gasteiger partial charge in [-0.15, -0.1) is 0 Å². The SMILES string of the molecule is Cc1nc(Nc2ccc(C#N)cc2)cc(C(=O)N(Cc2ccccc2)C(C)C)n1. The molecule has 6 heteroatoms. The van der Waals surface area contributed by atoms with Crippen molar-refractivity contribution in [2.75, 3.05) is 5.32 Å². The lowest BCUT2D eigenvalue weighted by atomic mass is 10.1. The number of hydrogen-bond donors (Lipinski definition) is 1. The normalized spacial score (nSPS) is 10.4. The van der Waals surface area contributed by atoms with Crippen molar-refractivity contribution in [3.63, 3.8) is 0 Å². The van der Waals surface area contributed by atoms with Crippen LogP contribution in [0.15, 0.2) is 60.7 Å². The van der Waals surface area contributed by atoms with Crippen LogP contribution in [0.5, 0.6) is 0 Å². The van der Waals surface area contributed by atoms with Gasteiger partial charge in [0.2, 0.25) is 0 Å². The van der Waals surface area contributed by atoms with E-state index >= 15 is 0 Å². The van der Waals surface area contributed by atoms with E-state index in [4.69, 9.17) is 5.26 Å². The van der Waals surface area contributed by atoms with Gasteiger partial charge in [0, 0.05) is 24.3 Å². The summed E-state index contributed by atoms with van der Waals surface area (Å²) in [5.74, 6) is 0.904. The number of nitrogens with zero attached hydrogens (tertiary/aromatic N) is 4. The molecule has 1 aromatic heterocycles. The number of rotatable bonds is 6. The first-order chi connectivity index (χ1) is 14.0. The quantitative estimate of drug-likeness (QED) is 0.678. The van der Waals surface area contributed by atoms with Gasteiger partial charge in [0.1, 0.15) is 17.3 Å². The molecule has 1 amide bonds. The van der Waals surface area contributed by atoms with Gasteiger partial charge in [0.25, 0.3) is 5.91 Å². The molecule has 0 bridgehead atoms. The lowest BCUT2D eigenvalue weighted by Gasteiger charge is -2.26. The third-order valence-corrected chi connectivity index (χ3v) is 4.42. The summed E-state index contributed by atoms with van der Waals surface area (Å²) in [6, 6.07) is 20.7. The second-order valence-corrected chi connectivity index (χ2v) is 7.01. The van der Waals surface area contributed by atoms with Gasteiger partial charge in [0.15, 0.2) is 0 Å². The Morgan fingerprint density at radius 2 is 1.79 bits per heavy atom. The molecule has 0 saturated heterocycles. The minimum Gasteiger partial charge on any atom is -0.340 e. The molecule has 0 spiro atoms. The highest BCUT2D eigenvalue weighted by Crippen LogP contribution is 2.18. The summed E-state index contributed by atoms with van der Waals surface area (Å²) in [6.45, 7) is 6.26. The molecule has 0 unspecified atom stereocenters.